The Morgan fingerprint density at radius 3 is 1.05 bits per heavy atom. The van der Waals surface area contributed by atoms with Crippen LogP contribution >= 0.6 is 7.82 Å². The van der Waals surface area contributed by atoms with Gasteiger partial charge in [0.15, 0.2) is 6.10 Å². The molecule has 0 aromatic rings. The standard InChI is InChI=1S/C64H122NO8P/c1-3-5-7-9-11-13-15-17-19-21-23-24-25-26-27-28-29-30-31-32-33-34-35-36-37-38-39-41-42-44-46-48-50-52-54-56-63(66)70-60-62(61-72-74(68,69)71-59-58-65)73-64(67)57-55-53-51-49-47-45-43-40-22-20-18-16-14-12-10-8-6-4-2/h14,16,20-23,62H,3-13,15,17-19,24-61,65H2,1-2H3,(H,68,69)/b16-14-,22-20-,23-21-. The minimum atomic E-state index is -4.39. The van der Waals surface area contributed by atoms with Gasteiger partial charge in [-0.1, -0.05) is 281 Å². The molecule has 0 aliphatic carbocycles. The number of unbranched alkanes of at least 4 members (excludes halogenated alkanes) is 42. The Kier molecular flexibility index (Phi) is 59.0. The Hall–Kier alpha value is -1.77. The lowest BCUT2D eigenvalue weighted by Crippen LogP contribution is -2.29. The molecule has 0 rings (SSSR count). The van der Waals surface area contributed by atoms with E-state index in [-0.39, 0.29) is 38.6 Å². The molecule has 0 bridgehead atoms. The maximum Gasteiger partial charge on any atom is 0.472 e. The molecule has 0 saturated heterocycles. The first-order valence-corrected chi connectivity index (χ1v) is 33.5. The number of hydrogen-bond acceptors (Lipinski definition) is 8. The van der Waals surface area contributed by atoms with Crippen molar-refractivity contribution in [2.75, 3.05) is 26.4 Å². The molecule has 0 aliphatic heterocycles. The van der Waals surface area contributed by atoms with Crippen LogP contribution in [0.1, 0.15) is 328 Å². The average molecular weight is 1060 g/mol. The molecule has 0 aliphatic rings. The van der Waals surface area contributed by atoms with E-state index in [2.05, 4.69) is 50.3 Å². The predicted molar refractivity (Wildman–Crippen MR) is 317 cm³/mol. The molecular weight excluding hydrogens is 942 g/mol. The molecule has 0 aromatic heterocycles. The number of nitrogens with two attached hydrogens (primary N) is 1. The Morgan fingerprint density at radius 2 is 0.703 bits per heavy atom. The van der Waals surface area contributed by atoms with Crippen LogP contribution in [0.2, 0.25) is 0 Å². The molecule has 0 saturated carbocycles. The van der Waals surface area contributed by atoms with E-state index in [1.54, 1.807) is 0 Å². The number of phosphoric ester groups is 1. The van der Waals surface area contributed by atoms with Crippen LogP contribution in [0.4, 0.5) is 0 Å². The van der Waals surface area contributed by atoms with Gasteiger partial charge < -0.3 is 20.1 Å². The lowest BCUT2D eigenvalue weighted by molar-refractivity contribution is -0.161. The highest BCUT2D eigenvalue weighted by atomic mass is 31.2. The summed E-state index contributed by atoms with van der Waals surface area (Å²) in [6.07, 6.45) is 73.8. The summed E-state index contributed by atoms with van der Waals surface area (Å²) in [7, 11) is -4.39. The first-order valence-electron chi connectivity index (χ1n) is 32.0. The second-order valence-electron chi connectivity index (χ2n) is 21.6. The Bertz CT molecular complexity index is 1310. The summed E-state index contributed by atoms with van der Waals surface area (Å²) >= 11 is 0. The summed E-state index contributed by atoms with van der Waals surface area (Å²) in [5.74, 6) is -0.821. The average Bonchev–Trinajstić information content (AvgIpc) is 3.39. The fraction of sp³-hybridized carbons (Fsp3) is 0.875. The fourth-order valence-corrected chi connectivity index (χ4v) is 10.3. The smallest absolute Gasteiger partial charge is 0.462 e. The van der Waals surface area contributed by atoms with Gasteiger partial charge in [0.2, 0.25) is 0 Å². The summed E-state index contributed by atoms with van der Waals surface area (Å²) in [4.78, 5) is 35.2. The van der Waals surface area contributed by atoms with Gasteiger partial charge in [-0.05, 0) is 70.6 Å². The van der Waals surface area contributed by atoms with E-state index in [0.29, 0.717) is 6.42 Å². The van der Waals surface area contributed by atoms with Gasteiger partial charge in [-0.2, -0.15) is 0 Å². The van der Waals surface area contributed by atoms with Crippen molar-refractivity contribution in [3.8, 4) is 0 Å². The van der Waals surface area contributed by atoms with Crippen molar-refractivity contribution in [1.82, 2.24) is 0 Å². The molecule has 74 heavy (non-hydrogen) atoms. The minimum Gasteiger partial charge on any atom is -0.462 e. The zero-order valence-electron chi connectivity index (χ0n) is 48.8. The van der Waals surface area contributed by atoms with Crippen molar-refractivity contribution in [3.05, 3.63) is 36.5 Å². The SMILES string of the molecule is CCCCCC/C=C\C/C=C\CCCCCCCCCC(=O)OC(COC(=O)CCCCCCCCCCCCCCCCCCCCCCCCC/C=C\CCCCCCCCCC)COP(=O)(O)OCCN. The molecule has 3 N–H and O–H groups in total. The molecule has 0 spiro atoms. The molecule has 2 unspecified atom stereocenters. The second kappa shape index (κ2) is 60.5. The van der Waals surface area contributed by atoms with E-state index in [1.165, 1.54) is 244 Å². The highest BCUT2D eigenvalue weighted by molar-refractivity contribution is 7.47. The van der Waals surface area contributed by atoms with Crippen LogP contribution in [0.25, 0.3) is 0 Å². The van der Waals surface area contributed by atoms with E-state index >= 15 is 0 Å². The molecule has 0 amide bonds. The first-order chi connectivity index (χ1) is 36.3. The number of allylic oxidation sites excluding steroid dienone is 6. The van der Waals surface area contributed by atoms with Crippen molar-refractivity contribution in [3.63, 3.8) is 0 Å². The number of ether oxygens (including phenoxy) is 2. The predicted octanol–water partition coefficient (Wildman–Crippen LogP) is 20.4. The van der Waals surface area contributed by atoms with E-state index < -0.39 is 26.5 Å². The van der Waals surface area contributed by atoms with Gasteiger partial charge in [-0.25, -0.2) is 4.57 Å². The van der Waals surface area contributed by atoms with E-state index in [9.17, 15) is 19.0 Å². The van der Waals surface area contributed by atoms with Crippen LogP contribution in [0.5, 0.6) is 0 Å². The molecule has 10 heteroatoms. The summed E-state index contributed by atoms with van der Waals surface area (Å²) < 4.78 is 33.1. The molecule has 9 nitrogen and oxygen atoms in total. The van der Waals surface area contributed by atoms with Gasteiger partial charge >= 0.3 is 19.8 Å². The zero-order valence-corrected chi connectivity index (χ0v) is 49.7. The van der Waals surface area contributed by atoms with Gasteiger partial charge in [-0.3, -0.25) is 18.6 Å². The van der Waals surface area contributed by atoms with E-state index in [0.717, 1.165) is 51.4 Å². The molecule has 0 heterocycles. The maximum absolute atomic E-state index is 12.7. The van der Waals surface area contributed by atoms with Crippen LogP contribution in [0, 0.1) is 0 Å². The topological polar surface area (TPSA) is 134 Å². The fourth-order valence-electron chi connectivity index (χ4n) is 9.49. The lowest BCUT2D eigenvalue weighted by atomic mass is 10.0. The molecule has 2 atom stereocenters. The van der Waals surface area contributed by atoms with Gasteiger partial charge in [0.25, 0.3) is 0 Å². The lowest BCUT2D eigenvalue weighted by Gasteiger charge is -2.19. The van der Waals surface area contributed by atoms with Crippen molar-refractivity contribution < 1.29 is 37.6 Å². The monoisotopic (exact) mass is 1060 g/mol. The maximum atomic E-state index is 12.7. The molecule has 0 fully saturated rings. The van der Waals surface area contributed by atoms with Crippen LogP contribution in [0.15, 0.2) is 36.5 Å². The highest BCUT2D eigenvalue weighted by Gasteiger charge is 2.26. The van der Waals surface area contributed by atoms with Gasteiger partial charge in [-0.15, -0.1) is 0 Å². The highest BCUT2D eigenvalue weighted by Crippen LogP contribution is 2.43. The number of phosphoric acid groups is 1. The van der Waals surface area contributed by atoms with Gasteiger partial charge in [0, 0.05) is 19.4 Å². The third kappa shape index (κ3) is 59.5. The quantitative estimate of drug-likeness (QED) is 0.0264. The molecular formula is C64H122NO8P. The first kappa shape index (κ1) is 72.2. The summed E-state index contributed by atoms with van der Waals surface area (Å²) in [5.41, 5.74) is 5.38. The molecule has 436 valence electrons. The zero-order chi connectivity index (χ0) is 53.8. The van der Waals surface area contributed by atoms with E-state index in [4.69, 9.17) is 24.3 Å². The molecule has 0 aromatic carbocycles. The number of hydrogen-bond donors (Lipinski definition) is 2. The van der Waals surface area contributed by atoms with Crippen molar-refractivity contribution >= 4 is 19.8 Å². The van der Waals surface area contributed by atoms with Crippen LogP contribution < -0.4 is 5.73 Å². The number of rotatable bonds is 61. The Labute approximate surface area is 458 Å². The van der Waals surface area contributed by atoms with Crippen LogP contribution in [-0.2, 0) is 32.7 Å². The largest absolute Gasteiger partial charge is 0.472 e. The third-order valence-electron chi connectivity index (χ3n) is 14.2. The second-order valence-corrected chi connectivity index (χ2v) is 23.1. The van der Waals surface area contributed by atoms with E-state index in [1.807, 2.05) is 0 Å². The van der Waals surface area contributed by atoms with Gasteiger partial charge in [0.1, 0.15) is 6.61 Å². The minimum absolute atomic E-state index is 0.0533. The van der Waals surface area contributed by atoms with Crippen molar-refractivity contribution in [1.29, 1.82) is 0 Å². The van der Waals surface area contributed by atoms with Crippen LogP contribution in [-0.4, -0.2) is 49.3 Å². The van der Waals surface area contributed by atoms with Crippen LogP contribution in [0.3, 0.4) is 0 Å². The third-order valence-corrected chi connectivity index (χ3v) is 15.2. The number of carbonyl (C=O) groups is 2. The summed E-state index contributed by atoms with van der Waals surface area (Å²) in [5, 5.41) is 0. The van der Waals surface area contributed by atoms with Crippen molar-refractivity contribution in [2.24, 2.45) is 5.73 Å². The van der Waals surface area contributed by atoms with Crippen molar-refractivity contribution in [2.45, 2.75) is 335 Å². The normalized spacial score (nSPS) is 13.2. The summed E-state index contributed by atoms with van der Waals surface area (Å²) in [6, 6.07) is 0. The molecule has 0 radical (unpaired) electrons. The number of carbonyl (C=O) groups excluding carboxylic acids is 2. The van der Waals surface area contributed by atoms with Gasteiger partial charge in [0.05, 0.1) is 13.2 Å². The Morgan fingerprint density at radius 1 is 0.405 bits per heavy atom. The Balaban J connectivity index is 3.80. The number of esters is 2. The summed E-state index contributed by atoms with van der Waals surface area (Å²) in [6.45, 7) is 3.77.